The van der Waals surface area contributed by atoms with Gasteiger partial charge in [-0.25, -0.2) is 8.42 Å². The molecule has 1 aliphatic rings. The molecule has 1 heterocycles. The monoisotopic (exact) mass is 346 g/mol. The second kappa shape index (κ2) is 6.24. The minimum absolute atomic E-state index is 0.238. The van der Waals surface area contributed by atoms with Gasteiger partial charge in [-0.15, -0.1) is 0 Å². The van der Waals surface area contributed by atoms with Gasteiger partial charge in [0.2, 0.25) is 0 Å². The molecule has 1 saturated heterocycles. The molecule has 106 valence electrons. The van der Waals surface area contributed by atoms with E-state index in [0.717, 1.165) is 23.1 Å². The maximum absolute atomic E-state index is 11.7. The third kappa shape index (κ3) is 3.94. The first-order valence-corrected chi connectivity index (χ1v) is 9.07. The predicted molar refractivity (Wildman–Crippen MR) is 82.4 cm³/mol. The topological polar surface area (TPSA) is 63.4 Å². The fourth-order valence-corrected chi connectivity index (χ4v) is 4.00. The van der Waals surface area contributed by atoms with Crippen LogP contribution < -0.4 is 10.6 Å². The van der Waals surface area contributed by atoms with Gasteiger partial charge >= 0.3 is 0 Å². The molecule has 4 nitrogen and oxygen atoms in total. The number of nitrogens with zero attached hydrogens (tertiary/aromatic N) is 1. The molecule has 1 aromatic rings. The van der Waals surface area contributed by atoms with Gasteiger partial charge in [0.1, 0.15) is 0 Å². The molecule has 2 N–H and O–H groups in total. The molecule has 0 aromatic heterocycles. The number of benzene rings is 1. The first kappa shape index (κ1) is 14.8. The van der Waals surface area contributed by atoms with Crippen LogP contribution in [0.5, 0.6) is 0 Å². The Hall–Kier alpha value is -0.590. The first-order valence-electron chi connectivity index (χ1n) is 6.46. The number of sulfone groups is 1. The van der Waals surface area contributed by atoms with Gasteiger partial charge in [-0.05, 0) is 37.1 Å². The van der Waals surface area contributed by atoms with Gasteiger partial charge in [-0.1, -0.05) is 22.0 Å². The molecule has 0 saturated carbocycles. The summed E-state index contributed by atoms with van der Waals surface area (Å²) in [5.74, 6) is 0.533. The second-order valence-electron chi connectivity index (χ2n) is 4.80. The maximum Gasteiger partial charge on any atom is 0.152 e. The molecule has 2 rings (SSSR count). The summed E-state index contributed by atoms with van der Waals surface area (Å²) in [5, 5.41) is 0. The Morgan fingerprint density at radius 3 is 2.79 bits per heavy atom. The van der Waals surface area contributed by atoms with Gasteiger partial charge < -0.3 is 10.6 Å². The predicted octanol–water partition coefficient (Wildman–Crippen LogP) is 1.58. The highest BCUT2D eigenvalue weighted by molar-refractivity contribution is 9.10. The van der Waals surface area contributed by atoms with Gasteiger partial charge in [0.05, 0.1) is 11.5 Å². The van der Waals surface area contributed by atoms with Crippen LogP contribution in [0, 0.1) is 0 Å². The van der Waals surface area contributed by atoms with E-state index in [1.807, 2.05) is 6.07 Å². The molecule has 0 spiro atoms. The summed E-state index contributed by atoms with van der Waals surface area (Å²) in [4.78, 5) is 2.17. The highest BCUT2D eigenvalue weighted by atomic mass is 79.9. The van der Waals surface area contributed by atoms with E-state index in [4.69, 9.17) is 5.73 Å². The molecule has 1 aliphatic heterocycles. The third-order valence-electron chi connectivity index (χ3n) is 3.36. The van der Waals surface area contributed by atoms with Crippen LogP contribution in [0.1, 0.15) is 12.0 Å². The van der Waals surface area contributed by atoms with Crippen LogP contribution in [0.15, 0.2) is 22.7 Å². The average molecular weight is 347 g/mol. The SMILES string of the molecule is NCCc1ccc(Br)cc1N1CCCS(=O)(=O)CC1. The lowest BCUT2D eigenvalue weighted by Gasteiger charge is -2.25. The van der Waals surface area contributed by atoms with E-state index in [2.05, 4.69) is 33.0 Å². The first-order chi connectivity index (χ1) is 9.02. The zero-order valence-electron chi connectivity index (χ0n) is 10.8. The number of halogens is 1. The zero-order chi connectivity index (χ0) is 13.9. The highest BCUT2D eigenvalue weighted by Gasteiger charge is 2.20. The zero-order valence-corrected chi connectivity index (χ0v) is 13.2. The minimum Gasteiger partial charge on any atom is -0.370 e. The fourth-order valence-electron chi connectivity index (χ4n) is 2.38. The van der Waals surface area contributed by atoms with E-state index in [-0.39, 0.29) is 5.75 Å². The molecule has 19 heavy (non-hydrogen) atoms. The number of rotatable bonds is 3. The molecular weight excluding hydrogens is 328 g/mol. The Balaban J connectivity index is 2.27. The number of hydrogen-bond donors (Lipinski definition) is 1. The number of nitrogens with two attached hydrogens (primary N) is 1. The van der Waals surface area contributed by atoms with Crippen LogP contribution >= 0.6 is 15.9 Å². The summed E-state index contributed by atoms with van der Waals surface area (Å²) in [6.07, 6.45) is 1.50. The van der Waals surface area contributed by atoms with Crippen LogP contribution in [-0.4, -0.2) is 39.6 Å². The minimum atomic E-state index is -2.87. The smallest absolute Gasteiger partial charge is 0.152 e. The molecular formula is C13H19BrN2O2S. The Kier molecular flexibility index (Phi) is 4.86. The van der Waals surface area contributed by atoms with E-state index in [0.29, 0.717) is 25.3 Å². The van der Waals surface area contributed by atoms with E-state index in [1.54, 1.807) is 0 Å². The van der Waals surface area contributed by atoms with Crippen molar-refractivity contribution in [3.63, 3.8) is 0 Å². The highest BCUT2D eigenvalue weighted by Crippen LogP contribution is 2.26. The van der Waals surface area contributed by atoms with Crippen molar-refractivity contribution in [3.8, 4) is 0 Å². The van der Waals surface area contributed by atoms with E-state index < -0.39 is 9.84 Å². The van der Waals surface area contributed by atoms with Crippen molar-refractivity contribution >= 4 is 31.5 Å². The van der Waals surface area contributed by atoms with Crippen molar-refractivity contribution < 1.29 is 8.42 Å². The van der Waals surface area contributed by atoms with E-state index >= 15 is 0 Å². The lowest BCUT2D eigenvalue weighted by Crippen LogP contribution is -2.28. The van der Waals surface area contributed by atoms with Gasteiger partial charge in [-0.3, -0.25) is 0 Å². The van der Waals surface area contributed by atoms with Crippen LogP contribution in [-0.2, 0) is 16.3 Å². The summed E-state index contributed by atoms with van der Waals surface area (Å²) < 4.78 is 24.3. The van der Waals surface area contributed by atoms with Crippen molar-refractivity contribution in [1.82, 2.24) is 0 Å². The number of hydrogen-bond acceptors (Lipinski definition) is 4. The van der Waals surface area contributed by atoms with E-state index in [1.165, 1.54) is 5.56 Å². The van der Waals surface area contributed by atoms with Gasteiger partial charge in [0, 0.05) is 23.2 Å². The van der Waals surface area contributed by atoms with Gasteiger partial charge in [0.15, 0.2) is 9.84 Å². The third-order valence-corrected chi connectivity index (χ3v) is 5.57. The van der Waals surface area contributed by atoms with Crippen molar-refractivity contribution in [2.24, 2.45) is 5.73 Å². The average Bonchev–Trinajstić information content (AvgIpc) is 2.53. The Morgan fingerprint density at radius 2 is 2.05 bits per heavy atom. The lowest BCUT2D eigenvalue weighted by molar-refractivity contribution is 0.597. The molecule has 0 bridgehead atoms. The standard InChI is InChI=1S/C13H19BrN2O2S/c14-12-3-2-11(4-5-15)13(10-12)16-6-1-8-19(17,18)9-7-16/h2-3,10H,1,4-9,15H2. The summed E-state index contributed by atoms with van der Waals surface area (Å²) in [7, 11) is -2.87. The summed E-state index contributed by atoms with van der Waals surface area (Å²) in [6.45, 7) is 1.95. The summed E-state index contributed by atoms with van der Waals surface area (Å²) in [5.41, 5.74) is 7.94. The van der Waals surface area contributed by atoms with Crippen molar-refractivity contribution in [2.75, 3.05) is 36.0 Å². The van der Waals surface area contributed by atoms with Crippen LogP contribution in [0.3, 0.4) is 0 Å². The lowest BCUT2D eigenvalue weighted by atomic mass is 10.1. The van der Waals surface area contributed by atoms with E-state index in [9.17, 15) is 8.42 Å². The molecule has 0 atom stereocenters. The molecule has 6 heteroatoms. The Bertz CT molecular complexity index is 546. The molecule has 0 amide bonds. The molecule has 1 fully saturated rings. The largest absolute Gasteiger partial charge is 0.370 e. The second-order valence-corrected chi connectivity index (χ2v) is 8.02. The Morgan fingerprint density at radius 1 is 1.26 bits per heavy atom. The summed E-state index contributed by atoms with van der Waals surface area (Å²) in [6, 6.07) is 6.12. The van der Waals surface area contributed by atoms with Crippen molar-refractivity contribution in [3.05, 3.63) is 28.2 Å². The molecule has 0 aliphatic carbocycles. The molecule has 1 aromatic carbocycles. The van der Waals surface area contributed by atoms with Crippen molar-refractivity contribution in [2.45, 2.75) is 12.8 Å². The van der Waals surface area contributed by atoms with Crippen LogP contribution in [0.2, 0.25) is 0 Å². The summed E-state index contributed by atoms with van der Waals surface area (Å²) >= 11 is 3.48. The normalized spacial score (nSPS) is 19.2. The quantitative estimate of drug-likeness (QED) is 0.902. The van der Waals surface area contributed by atoms with Crippen molar-refractivity contribution in [1.29, 1.82) is 0 Å². The van der Waals surface area contributed by atoms with Crippen LogP contribution in [0.4, 0.5) is 5.69 Å². The molecule has 0 radical (unpaired) electrons. The fraction of sp³-hybridized carbons (Fsp3) is 0.538. The Labute approximate surface area is 123 Å². The molecule has 0 unspecified atom stereocenters. The number of anilines is 1. The van der Waals surface area contributed by atoms with Crippen LogP contribution in [0.25, 0.3) is 0 Å². The van der Waals surface area contributed by atoms with Gasteiger partial charge in [0.25, 0.3) is 0 Å². The maximum atomic E-state index is 11.7. The van der Waals surface area contributed by atoms with Gasteiger partial charge in [-0.2, -0.15) is 0 Å².